The number of halogens is 5. The first-order chi connectivity index (χ1) is 12.1. The fourth-order valence-electron chi connectivity index (χ4n) is 2.35. The number of pyridine rings is 2. The van der Waals surface area contributed by atoms with Gasteiger partial charge in [-0.2, -0.15) is 0 Å². The second-order valence-corrected chi connectivity index (χ2v) is 5.88. The van der Waals surface area contributed by atoms with Gasteiger partial charge < -0.3 is 10.8 Å². The van der Waals surface area contributed by atoms with Gasteiger partial charge in [-0.25, -0.2) is 22.9 Å². The number of hydrogen-bond acceptors (Lipinski definition) is 4. The van der Waals surface area contributed by atoms with Crippen LogP contribution in [-0.4, -0.2) is 20.6 Å². The number of hydrogen-bond donors (Lipinski definition) is 2. The molecule has 11 heteroatoms. The molecule has 2 aromatic heterocycles. The molecule has 0 aliphatic rings. The van der Waals surface area contributed by atoms with Crippen molar-refractivity contribution in [2.75, 3.05) is 5.73 Å². The number of benzene rings is 1. The van der Waals surface area contributed by atoms with Crippen molar-refractivity contribution in [1.29, 1.82) is 0 Å². The van der Waals surface area contributed by atoms with Gasteiger partial charge in [-0.15, -0.1) is 0 Å². The summed E-state index contributed by atoms with van der Waals surface area (Å²) in [7, 11) is 0. The van der Waals surface area contributed by atoms with Crippen molar-refractivity contribution in [3.8, 4) is 5.82 Å². The summed E-state index contributed by atoms with van der Waals surface area (Å²) in [6.07, 6.45) is 0.689. The van der Waals surface area contributed by atoms with E-state index in [4.69, 9.17) is 28.9 Å². The molecule has 3 aromatic rings. The second kappa shape index (κ2) is 6.19. The SMILES string of the molecule is Nc1nc(-n2cc(C(=O)O)c(=O)c3cc(F)c(F)c(Cl)c32)c(F)cc1Cl. The summed E-state index contributed by atoms with van der Waals surface area (Å²) in [5.74, 6) is -6.63. The van der Waals surface area contributed by atoms with Crippen LogP contribution in [0.3, 0.4) is 0 Å². The van der Waals surface area contributed by atoms with Gasteiger partial charge in [0.15, 0.2) is 23.3 Å². The third kappa shape index (κ3) is 2.65. The number of nitrogens with two attached hydrogens (primary N) is 1. The van der Waals surface area contributed by atoms with E-state index in [2.05, 4.69) is 4.98 Å². The number of nitrogens with zero attached hydrogens (tertiary/aromatic N) is 2. The molecule has 0 amide bonds. The lowest BCUT2D eigenvalue weighted by atomic mass is 10.1. The van der Waals surface area contributed by atoms with Crippen LogP contribution in [0.1, 0.15) is 10.4 Å². The number of nitrogen functional groups attached to an aromatic ring is 1. The lowest BCUT2D eigenvalue weighted by molar-refractivity contribution is 0.0695. The zero-order chi connectivity index (χ0) is 19.3. The maximum atomic E-state index is 14.3. The van der Waals surface area contributed by atoms with Crippen LogP contribution in [0.5, 0.6) is 0 Å². The average Bonchev–Trinajstić information content (AvgIpc) is 2.57. The molecule has 1 aromatic carbocycles. The van der Waals surface area contributed by atoms with E-state index in [-0.39, 0.29) is 10.8 Å². The summed E-state index contributed by atoms with van der Waals surface area (Å²) >= 11 is 11.4. The fourth-order valence-corrected chi connectivity index (χ4v) is 2.77. The van der Waals surface area contributed by atoms with Crippen molar-refractivity contribution in [1.82, 2.24) is 9.55 Å². The zero-order valence-corrected chi connectivity index (χ0v) is 13.9. The molecule has 0 unspecified atom stereocenters. The lowest BCUT2D eigenvalue weighted by Gasteiger charge is -2.15. The topological polar surface area (TPSA) is 98.2 Å². The monoisotopic (exact) mass is 403 g/mol. The Balaban J connectivity index is 2.59. The Morgan fingerprint density at radius 3 is 2.46 bits per heavy atom. The normalized spacial score (nSPS) is 11.1. The number of rotatable bonds is 2. The molecule has 26 heavy (non-hydrogen) atoms. The predicted octanol–water partition coefficient (Wildman–Crippen LogP) is 3.39. The molecule has 2 heterocycles. The van der Waals surface area contributed by atoms with Crippen LogP contribution in [0.4, 0.5) is 19.0 Å². The molecule has 0 saturated carbocycles. The summed E-state index contributed by atoms with van der Waals surface area (Å²) < 4.78 is 42.6. The van der Waals surface area contributed by atoms with E-state index < -0.39 is 56.2 Å². The maximum absolute atomic E-state index is 14.3. The molecule has 0 aliphatic heterocycles. The van der Waals surface area contributed by atoms with Crippen LogP contribution in [-0.2, 0) is 0 Å². The molecule has 134 valence electrons. The Bertz CT molecular complexity index is 1160. The van der Waals surface area contributed by atoms with Gasteiger partial charge in [-0.3, -0.25) is 9.36 Å². The first kappa shape index (κ1) is 18.0. The van der Waals surface area contributed by atoms with Crippen LogP contribution in [0, 0.1) is 17.5 Å². The van der Waals surface area contributed by atoms with E-state index in [9.17, 15) is 27.9 Å². The van der Waals surface area contributed by atoms with E-state index in [1.165, 1.54) is 0 Å². The Morgan fingerprint density at radius 1 is 1.19 bits per heavy atom. The third-order valence-corrected chi connectivity index (χ3v) is 4.17. The molecule has 3 N–H and O–H groups in total. The van der Waals surface area contributed by atoms with Crippen LogP contribution in [0.2, 0.25) is 10.0 Å². The van der Waals surface area contributed by atoms with Crippen LogP contribution in [0.15, 0.2) is 23.1 Å². The standard InChI is InChI=1S/C15H6Cl2F3N3O3/c16-6-2-8(19)14(22-13(6)21)23-3-5(15(25)26)12(24)4-1-7(18)10(20)9(17)11(4)23/h1-3H,(H2,21,22)(H,25,26). The molecular formula is C15H6Cl2F3N3O3. The van der Waals surface area contributed by atoms with Gasteiger partial charge in [-0.05, 0) is 6.07 Å². The lowest BCUT2D eigenvalue weighted by Crippen LogP contribution is -2.20. The second-order valence-electron chi connectivity index (χ2n) is 5.09. The highest BCUT2D eigenvalue weighted by Crippen LogP contribution is 2.31. The highest BCUT2D eigenvalue weighted by Gasteiger charge is 2.23. The van der Waals surface area contributed by atoms with Gasteiger partial charge in [0.2, 0.25) is 5.43 Å². The number of anilines is 1. The maximum Gasteiger partial charge on any atom is 0.341 e. The van der Waals surface area contributed by atoms with Gasteiger partial charge >= 0.3 is 5.97 Å². The molecule has 3 rings (SSSR count). The minimum absolute atomic E-state index is 0.224. The first-order valence-corrected chi connectivity index (χ1v) is 7.47. The minimum Gasteiger partial charge on any atom is -0.477 e. The van der Waals surface area contributed by atoms with Crippen LogP contribution >= 0.6 is 23.2 Å². The summed E-state index contributed by atoms with van der Waals surface area (Å²) in [6.45, 7) is 0. The molecule has 0 radical (unpaired) electrons. The number of aromatic carboxylic acids is 1. The van der Waals surface area contributed by atoms with Crippen molar-refractivity contribution in [2.24, 2.45) is 0 Å². The largest absolute Gasteiger partial charge is 0.477 e. The Hall–Kier alpha value is -2.78. The van der Waals surface area contributed by atoms with E-state index in [1.807, 2.05) is 0 Å². The van der Waals surface area contributed by atoms with E-state index in [0.717, 1.165) is 6.07 Å². The Kier molecular flexibility index (Phi) is 4.29. The van der Waals surface area contributed by atoms with Crippen molar-refractivity contribution >= 4 is 45.9 Å². The molecule has 6 nitrogen and oxygen atoms in total. The Labute approximate surface area is 152 Å². The van der Waals surface area contributed by atoms with Crippen molar-refractivity contribution in [3.05, 3.63) is 61.6 Å². The summed E-state index contributed by atoms with van der Waals surface area (Å²) in [5, 5.41) is 7.52. The fraction of sp³-hybridized carbons (Fsp3) is 0. The summed E-state index contributed by atoms with van der Waals surface area (Å²) in [5.41, 5.74) is 3.07. The van der Waals surface area contributed by atoms with Crippen molar-refractivity contribution in [2.45, 2.75) is 0 Å². The molecular weight excluding hydrogens is 398 g/mol. The predicted molar refractivity (Wildman–Crippen MR) is 88.6 cm³/mol. The highest BCUT2D eigenvalue weighted by atomic mass is 35.5. The molecule has 0 atom stereocenters. The number of carboxylic acids is 1. The highest BCUT2D eigenvalue weighted by molar-refractivity contribution is 6.35. The zero-order valence-electron chi connectivity index (χ0n) is 12.4. The van der Waals surface area contributed by atoms with Gasteiger partial charge in [0, 0.05) is 12.3 Å². The van der Waals surface area contributed by atoms with Gasteiger partial charge in [-0.1, -0.05) is 23.2 Å². The van der Waals surface area contributed by atoms with Crippen LogP contribution < -0.4 is 11.2 Å². The third-order valence-electron chi connectivity index (χ3n) is 3.52. The first-order valence-electron chi connectivity index (χ1n) is 6.71. The number of fused-ring (bicyclic) bond motifs is 1. The summed E-state index contributed by atoms with van der Waals surface area (Å²) in [6, 6.07) is 1.26. The smallest absolute Gasteiger partial charge is 0.341 e. The van der Waals surface area contributed by atoms with Crippen molar-refractivity contribution in [3.63, 3.8) is 0 Å². The number of aromatic nitrogens is 2. The van der Waals surface area contributed by atoms with E-state index in [0.29, 0.717) is 16.8 Å². The Morgan fingerprint density at radius 2 is 1.85 bits per heavy atom. The van der Waals surface area contributed by atoms with Crippen LogP contribution in [0.25, 0.3) is 16.7 Å². The molecule has 0 bridgehead atoms. The average molecular weight is 404 g/mol. The molecule has 0 saturated heterocycles. The minimum atomic E-state index is -1.67. The van der Waals surface area contributed by atoms with E-state index >= 15 is 0 Å². The quantitative estimate of drug-likeness (QED) is 0.639. The van der Waals surface area contributed by atoms with Gasteiger partial charge in [0.05, 0.1) is 15.9 Å². The van der Waals surface area contributed by atoms with Gasteiger partial charge in [0.1, 0.15) is 16.4 Å². The molecule has 0 aliphatic carbocycles. The van der Waals surface area contributed by atoms with E-state index in [1.54, 1.807) is 0 Å². The number of carboxylic acid groups (broad SMARTS) is 1. The van der Waals surface area contributed by atoms with Crippen molar-refractivity contribution < 1.29 is 23.1 Å². The van der Waals surface area contributed by atoms with Gasteiger partial charge in [0.25, 0.3) is 0 Å². The number of carbonyl (C=O) groups is 1. The summed E-state index contributed by atoms with van der Waals surface area (Å²) in [4.78, 5) is 27.3. The molecule has 0 spiro atoms. The molecule has 0 fully saturated rings.